The standard InChI is InChI=1S/C19H20N4O6S3/c1-3-21-31(25,26)15-8-9-17(29-2)16(12-15)18(24)22-13-4-6-14(7-5-13)32(27,28)23-19-20-10-11-30-19/h4-12,21H,3H2,1-2H3,(H,20,23)(H,22,24). The van der Waals surface area contributed by atoms with Crippen LogP contribution in [0.3, 0.4) is 0 Å². The van der Waals surface area contributed by atoms with E-state index in [9.17, 15) is 21.6 Å². The van der Waals surface area contributed by atoms with E-state index in [1.54, 1.807) is 12.3 Å². The first-order valence-electron chi connectivity index (χ1n) is 9.17. The van der Waals surface area contributed by atoms with E-state index in [4.69, 9.17) is 4.74 Å². The number of anilines is 2. The Morgan fingerprint density at radius 1 is 1.03 bits per heavy atom. The third kappa shape index (κ3) is 5.43. The third-order valence-electron chi connectivity index (χ3n) is 4.14. The fraction of sp³-hybridized carbons (Fsp3) is 0.158. The number of nitrogens with zero attached hydrogens (tertiary/aromatic N) is 1. The van der Waals surface area contributed by atoms with Crippen molar-refractivity contribution in [1.29, 1.82) is 0 Å². The van der Waals surface area contributed by atoms with Crippen LogP contribution in [0, 0.1) is 0 Å². The second-order valence-corrected chi connectivity index (χ2v) is 10.6. The van der Waals surface area contributed by atoms with Crippen LogP contribution in [0.25, 0.3) is 0 Å². The molecule has 1 aromatic heterocycles. The van der Waals surface area contributed by atoms with Gasteiger partial charge in [0.2, 0.25) is 10.0 Å². The maximum Gasteiger partial charge on any atom is 0.263 e. The number of nitrogens with one attached hydrogen (secondary N) is 3. The molecule has 3 rings (SSSR count). The van der Waals surface area contributed by atoms with E-state index in [0.29, 0.717) is 5.69 Å². The number of rotatable bonds is 9. The summed E-state index contributed by atoms with van der Waals surface area (Å²) in [5.74, 6) is -0.434. The average Bonchev–Trinajstić information content (AvgIpc) is 3.26. The van der Waals surface area contributed by atoms with Gasteiger partial charge in [-0.25, -0.2) is 26.5 Å². The monoisotopic (exact) mass is 496 g/mol. The fourth-order valence-corrected chi connectivity index (χ4v) is 5.52. The minimum atomic E-state index is -3.83. The predicted octanol–water partition coefficient (Wildman–Crippen LogP) is 2.50. The molecule has 0 radical (unpaired) electrons. The van der Waals surface area contributed by atoms with Gasteiger partial charge < -0.3 is 10.1 Å². The lowest BCUT2D eigenvalue weighted by Crippen LogP contribution is -2.24. The number of methoxy groups -OCH3 is 1. The van der Waals surface area contributed by atoms with Crippen molar-refractivity contribution in [1.82, 2.24) is 9.71 Å². The first kappa shape index (κ1) is 23.7. The number of aromatic nitrogens is 1. The molecule has 3 aromatic rings. The Hall–Kier alpha value is -3.00. The smallest absolute Gasteiger partial charge is 0.263 e. The van der Waals surface area contributed by atoms with Crippen molar-refractivity contribution in [3.05, 3.63) is 59.6 Å². The number of benzene rings is 2. The number of thiazole rings is 1. The van der Waals surface area contributed by atoms with E-state index in [1.165, 1.54) is 55.8 Å². The van der Waals surface area contributed by atoms with E-state index in [0.717, 1.165) is 11.3 Å². The van der Waals surface area contributed by atoms with Gasteiger partial charge in [-0.05, 0) is 42.5 Å². The minimum absolute atomic E-state index is 0.00797. The highest BCUT2D eigenvalue weighted by molar-refractivity contribution is 7.93. The minimum Gasteiger partial charge on any atom is -0.496 e. The number of sulfonamides is 2. The number of amides is 1. The van der Waals surface area contributed by atoms with Gasteiger partial charge in [0.1, 0.15) is 5.75 Å². The van der Waals surface area contributed by atoms with Crippen molar-refractivity contribution in [3.63, 3.8) is 0 Å². The molecular weight excluding hydrogens is 476 g/mol. The summed E-state index contributed by atoms with van der Waals surface area (Å²) in [6.07, 6.45) is 1.48. The van der Waals surface area contributed by atoms with Crippen molar-refractivity contribution in [3.8, 4) is 5.75 Å². The Balaban J connectivity index is 1.81. The van der Waals surface area contributed by atoms with E-state index in [1.807, 2.05) is 0 Å². The van der Waals surface area contributed by atoms with Crippen LogP contribution >= 0.6 is 11.3 Å². The molecule has 0 bridgehead atoms. The molecule has 2 aromatic carbocycles. The van der Waals surface area contributed by atoms with E-state index in [2.05, 4.69) is 19.7 Å². The van der Waals surface area contributed by atoms with Gasteiger partial charge in [0.25, 0.3) is 15.9 Å². The Kier molecular flexibility index (Phi) is 7.13. The number of carbonyl (C=O) groups excluding carboxylic acids is 1. The summed E-state index contributed by atoms with van der Waals surface area (Å²) in [7, 11) is -6.24. The van der Waals surface area contributed by atoms with Crippen LogP contribution in [0.5, 0.6) is 5.75 Å². The molecule has 13 heteroatoms. The lowest BCUT2D eigenvalue weighted by atomic mass is 10.2. The van der Waals surface area contributed by atoms with Crippen molar-refractivity contribution < 1.29 is 26.4 Å². The maximum atomic E-state index is 12.8. The quantitative estimate of drug-likeness (QED) is 0.413. The molecule has 10 nitrogen and oxygen atoms in total. The highest BCUT2D eigenvalue weighted by atomic mass is 32.2. The van der Waals surface area contributed by atoms with Crippen molar-refractivity contribution in [2.24, 2.45) is 0 Å². The summed E-state index contributed by atoms with van der Waals surface area (Å²) in [6, 6.07) is 9.43. The SMILES string of the molecule is CCNS(=O)(=O)c1ccc(OC)c(C(=O)Nc2ccc(S(=O)(=O)Nc3nccs3)cc2)c1. The molecule has 0 aliphatic heterocycles. The van der Waals surface area contributed by atoms with Crippen molar-refractivity contribution in [2.75, 3.05) is 23.7 Å². The number of hydrogen-bond acceptors (Lipinski definition) is 8. The van der Waals surface area contributed by atoms with Crippen LogP contribution in [0.1, 0.15) is 17.3 Å². The summed E-state index contributed by atoms with van der Waals surface area (Å²) in [5.41, 5.74) is 0.318. The van der Waals surface area contributed by atoms with Crippen LogP contribution in [-0.4, -0.2) is 41.4 Å². The molecule has 0 aliphatic carbocycles. The molecule has 0 spiro atoms. The first-order chi connectivity index (χ1) is 15.2. The van der Waals surface area contributed by atoms with Gasteiger partial charge in [-0.3, -0.25) is 9.52 Å². The zero-order valence-electron chi connectivity index (χ0n) is 17.0. The Morgan fingerprint density at radius 3 is 2.31 bits per heavy atom. The summed E-state index contributed by atoms with van der Waals surface area (Å²) < 4.78 is 59.2. The van der Waals surface area contributed by atoms with Crippen LogP contribution in [0.4, 0.5) is 10.8 Å². The van der Waals surface area contributed by atoms with E-state index >= 15 is 0 Å². The maximum absolute atomic E-state index is 12.8. The van der Waals surface area contributed by atoms with Gasteiger partial charge >= 0.3 is 0 Å². The Morgan fingerprint density at radius 2 is 1.72 bits per heavy atom. The summed E-state index contributed by atoms with van der Waals surface area (Å²) >= 11 is 1.15. The molecule has 0 atom stereocenters. The average molecular weight is 497 g/mol. The molecular formula is C19H20N4O6S3. The van der Waals surface area contributed by atoms with Crippen LogP contribution < -0.4 is 19.5 Å². The molecule has 3 N–H and O–H groups in total. The predicted molar refractivity (Wildman–Crippen MR) is 121 cm³/mol. The van der Waals surface area contributed by atoms with Gasteiger partial charge in [0.15, 0.2) is 5.13 Å². The third-order valence-corrected chi connectivity index (χ3v) is 7.85. The van der Waals surface area contributed by atoms with Gasteiger partial charge in [-0.15, -0.1) is 11.3 Å². The topological polar surface area (TPSA) is 144 Å². The second kappa shape index (κ2) is 9.65. The molecule has 170 valence electrons. The summed E-state index contributed by atoms with van der Waals surface area (Å²) in [6.45, 7) is 1.84. The lowest BCUT2D eigenvalue weighted by Gasteiger charge is -2.12. The van der Waals surface area contributed by atoms with Crippen molar-refractivity contribution in [2.45, 2.75) is 16.7 Å². The molecule has 1 heterocycles. The van der Waals surface area contributed by atoms with Crippen LogP contribution in [0.15, 0.2) is 63.8 Å². The van der Waals surface area contributed by atoms with Crippen LogP contribution in [-0.2, 0) is 20.0 Å². The molecule has 0 fully saturated rings. The lowest BCUT2D eigenvalue weighted by molar-refractivity contribution is 0.102. The van der Waals surface area contributed by atoms with Crippen LogP contribution in [0.2, 0.25) is 0 Å². The van der Waals surface area contributed by atoms with Gasteiger partial charge in [0.05, 0.1) is 22.5 Å². The highest BCUT2D eigenvalue weighted by Crippen LogP contribution is 2.25. The number of carbonyl (C=O) groups is 1. The van der Waals surface area contributed by atoms with Gasteiger partial charge in [-0.2, -0.15) is 0 Å². The summed E-state index contributed by atoms with van der Waals surface area (Å²) in [5, 5.41) is 4.49. The largest absolute Gasteiger partial charge is 0.496 e. The molecule has 0 saturated carbocycles. The number of ether oxygens (including phenoxy) is 1. The zero-order chi connectivity index (χ0) is 23.4. The molecule has 32 heavy (non-hydrogen) atoms. The molecule has 0 saturated heterocycles. The fourth-order valence-electron chi connectivity index (χ4n) is 2.67. The Labute approximate surface area is 189 Å². The first-order valence-corrected chi connectivity index (χ1v) is 13.0. The second-order valence-electron chi connectivity index (χ2n) is 6.28. The zero-order valence-corrected chi connectivity index (χ0v) is 19.5. The van der Waals surface area contributed by atoms with E-state index < -0.39 is 26.0 Å². The van der Waals surface area contributed by atoms with Crippen molar-refractivity contribution >= 4 is 48.1 Å². The number of hydrogen-bond donors (Lipinski definition) is 3. The normalized spacial score (nSPS) is 11.7. The van der Waals surface area contributed by atoms with Gasteiger partial charge in [-0.1, -0.05) is 6.92 Å². The molecule has 1 amide bonds. The Bertz CT molecular complexity index is 1310. The van der Waals surface area contributed by atoms with Gasteiger partial charge in [0, 0.05) is 23.8 Å². The molecule has 0 unspecified atom stereocenters. The highest BCUT2D eigenvalue weighted by Gasteiger charge is 2.20. The molecule has 0 aliphatic rings. The summed E-state index contributed by atoms with van der Waals surface area (Å²) in [4.78, 5) is 16.6. The van der Waals surface area contributed by atoms with E-state index in [-0.39, 0.29) is 32.8 Å².